The van der Waals surface area contributed by atoms with Gasteiger partial charge in [0.05, 0.1) is 5.69 Å². The van der Waals surface area contributed by atoms with Crippen molar-refractivity contribution in [3.05, 3.63) is 58.9 Å². The highest BCUT2D eigenvalue weighted by Crippen LogP contribution is 2.23. The SMILES string of the molecule is Cc1ccc(OCc2ncccc2C)c(CBr)c1. The predicted molar refractivity (Wildman–Crippen MR) is 77.1 cm³/mol. The van der Waals surface area contributed by atoms with E-state index in [0.29, 0.717) is 6.61 Å². The average Bonchev–Trinajstić information content (AvgIpc) is 2.39. The number of aromatic nitrogens is 1. The average molecular weight is 306 g/mol. The molecule has 0 unspecified atom stereocenters. The molecule has 94 valence electrons. The molecule has 2 rings (SSSR count). The Kier molecular flexibility index (Phi) is 4.37. The van der Waals surface area contributed by atoms with Crippen LogP contribution in [0.2, 0.25) is 0 Å². The van der Waals surface area contributed by atoms with Crippen LogP contribution in [-0.4, -0.2) is 4.98 Å². The summed E-state index contributed by atoms with van der Waals surface area (Å²) in [5.74, 6) is 0.919. The number of hydrogen-bond acceptors (Lipinski definition) is 2. The fourth-order valence-corrected chi connectivity index (χ4v) is 2.21. The number of pyridine rings is 1. The number of benzene rings is 1. The van der Waals surface area contributed by atoms with E-state index in [1.807, 2.05) is 25.1 Å². The van der Waals surface area contributed by atoms with Gasteiger partial charge in [-0.3, -0.25) is 4.98 Å². The van der Waals surface area contributed by atoms with Crippen molar-refractivity contribution in [2.75, 3.05) is 0 Å². The van der Waals surface area contributed by atoms with Gasteiger partial charge in [-0.25, -0.2) is 0 Å². The van der Waals surface area contributed by atoms with E-state index in [-0.39, 0.29) is 0 Å². The maximum Gasteiger partial charge on any atom is 0.130 e. The van der Waals surface area contributed by atoms with E-state index in [1.165, 1.54) is 11.1 Å². The van der Waals surface area contributed by atoms with Gasteiger partial charge in [-0.2, -0.15) is 0 Å². The van der Waals surface area contributed by atoms with Crippen LogP contribution in [0.4, 0.5) is 0 Å². The van der Waals surface area contributed by atoms with E-state index in [2.05, 4.69) is 40.0 Å². The topological polar surface area (TPSA) is 22.1 Å². The summed E-state index contributed by atoms with van der Waals surface area (Å²) in [4.78, 5) is 4.33. The van der Waals surface area contributed by atoms with Gasteiger partial charge in [0.25, 0.3) is 0 Å². The lowest BCUT2D eigenvalue weighted by Gasteiger charge is -2.11. The number of halogens is 1. The summed E-state index contributed by atoms with van der Waals surface area (Å²) >= 11 is 3.49. The first-order valence-electron chi connectivity index (χ1n) is 5.89. The fourth-order valence-electron chi connectivity index (χ4n) is 1.77. The Morgan fingerprint density at radius 2 is 2.06 bits per heavy atom. The molecular weight excluding hydrogens is 290 g/mol. The summed E-state index contributed by atoms with van der Waals surface area (Å²) in [5, 5.41) is 0.797. The van der Waals surface area contributed by atoms with Crippen LogP contribution in [0.15, 0.2) is 36.5 Å². The Balaban J connectivity index is 2.13. The summed E-state index contributed by atoms with van der Waals surface area (Å²) in [5.41, 5.74) is 4.55. The first-order chi connectivity index (χ1) is 8.70. The third-order valence-corrected chi connectivity index (χ3v) is 3.45. The summed E-state index contributed by atoms with van der Waals surface area (Å²) in [7, 11) is 0. The molecule has 1 aromatic heterocycles. The highest BCUT2D eigenvalue weighted by Gasteiger charge is 2.05. The Bertz CT molecular complexity index is 540. The quantitative estimate of drug-likeness (QED) is 0.791. The van der Waals surface area contributed by atoms with Crippen molar-refractivity contribution in [3.63, 3.8) is 0 Å². The summed E-state index contributed by atoms with van der Waals surface area (Å²) in [6.45, 7) is 4.64. The van der Waals surface area contributed by atoms with Gasteiger partial charge in [0.1, 0.15) is 12.4 Å². The molecule has 0 saturated heterocycles. The highest BCUT2D eigenvalue weighted by molar-refractivity contribution is 9.08. The van der Waals surface area contributed by atoms with Gasteiger partial charge in [-0.15, -0.1) is 0 Å². The van der Waals surface area contributed by atoms with Crippen molar-refractivity contribution in [1.29, 1.82) is 0 Å². The second-order valence-corrected chi connectivity index (χ2v) is 4.86. The minimum Gasteiger partial charge on any atom is -0.487 e. The van der Waals surface area contributed by atoms with Crippen LogP contribution in [0.5, 0.6) is 5.75 Å². The smallest absolute Gasteiger partial charge is 0.130 e. The van der Waals surface area contributed by atoms with Gasteiger partial charge >= 0.3 is 0 Å². The van der Waals surface area contributed by atoms with Crippen LogP contribution in [0.3, 0.4) is 0 Å². The lowest BCUT2D eigenvalue weighted by molar-refractivity contribution is 0.298. The second kappa shape index (κ2) is 6.01. The van der Waals surface area contributed by atoms with Gasteiger partial charge in [0, 0.05) is 17.1 Å². The van der Waals surface area contributed by atoms with Crippen LogP contribution >= 0.6 is 15.9 Å². The number of rotatable bonds is 4. The zero-order chi connectivity index (χ0) is 13.0. The molecule has 0 fully saturated rings. The first-order valence-corrected chi connectivity index (χ1v) is 7.01. The Hall–Kier alpha value is -1.35. The van der Waals surface area contributed by atoms with Crippen molar-refractivity contribution >= 4 is 15.9 Å². The normalized spacial score (nSPS) is 10.4. The van der Waals surface area contributed by atoms with Gasteiger partial charge in [-0.05, 0) is 31.5 Å². The lowest BCUT2D eigenvalue weighted by Crippen LogP contribution is -2.02. The van der Waals surface area contributed by atoms with E-state index in [1.54, 1.807) is 6.20 Å². The standard InChI is InChI=1S/C15H16BrNO/c1-11-5-6-15(13(8-11)9-16)18-10-14-12(2)4-3-7-17-14/h3-8H,9-10H2,1-2H3. The number of alkyl halides is 1. The van der Waals surface area contributed by atoms with E-state index >= 15 is 0 Å². The van der Waals surface area contributed by atoms with Crippen LogP contribution in [-0.2, 0) is 11.9 Å². The Morgan fingerprint density at radius 1 is 1.22 bits per heavy atom. The zero-order valence-electron chi connectivity index (χ0n) is 10.6. The Labute approximate surface area is 116 Å². The van der Waals surface area contributed by atoms with E-state index in [9.17, 15) is 0 Å². The Morgan fingerprint density at radius 3 is 2.78 bits per heavy atom. The highest BCUT2D eigenvalue weighted by atomic mass is 79.9. The van der Waals surface area contributed by atoms with E-state index < -0.39 is 0 Å². The molecule has 0 N–H and O–H groups in total. The summed E-state index contributed by atoms with van der Waals surface area (Å²) in [6, 6.07) is 10.2. The predicted octanol–water partition coefficient (Wildman–Crippen LogP) is 4.17. The molecule has 1 aromatic carbocycles. The molecule has 0 aliphatic heterocycles. The number of nitrogens with zero attached hydrogens (tertiary/aromatic N) is 1. The molecule has 0 amide bonds. The molecule has 0 atom stereocenters. The van der Waals surface area contributed by atoms with Crippen molar-refractivity contribution < 1.29 is 4.74 Å². The number of hydrogen-bond donors (Lipinski definition) is 0. The van der Waals surface area contributed by atoms with Crippen molar-refractivity contribution in [2.24, 2.45) is 0 Å². The van der Waals surface area contributed by atoms with Crippen molar-refractivity contribution in [3.8, 4) is 5.75 Å². The molecule has 1 heterocycles. The minimum absolute atomic E-state index is 0.510. The molecule has 0 bridgehead atoms. The van der Waals surface area contributed by atoms with E-state index in [4.69, 9.17) is 4.74 Å². The summed E-state index contributed by atoms with van der Waals surface area (Å²) < 4.78 is 5.86. The van der Waals surface area contributed by atoms with Crippen LogP contribution in [0.1, 0.15) is 22.4 Å². The van der Waals surface area contributed by atoms with Gasteiger partial charge in [0.2, 0.25) is 0 Å². The lowest BCUT2D eigenvalue weighted by atomic mass is 10.1. The molecule has 2 nitrogen and oxygen atoms in total. The number of aryl methyl sites for hydroxylation is 2. The molecule has 0 aliphatic rings. The molecule has 0 radical (unpaired) electrons. The molecule has 0 aliphatic carbocycles. The monoisotopic (exact) mass is 305 g/mol. The molecule has 2 aromatic rings. The number of ether oxygens (including phenoxy) is 1. The molecule has 3 heteroatoms. The largest absolute Gasteiger partial charge is 0.487 e. The first kappa shape index (κ1) is 13.1. The maximum atomic E-state index is 5.86. The maximum absolute atomic E-state index is 5.86. The minimum atomic E-state index is 0.510. The van der Waals surface area contributed by atoms with Crippen molar-refractivity contribution in [1.82, 2.24) is 4.98 Å². The third kappa shape index (κ3) is 3.10. The van der Waals surface area contributed by atoms with Crippen molar-refractivity contribution in [2.45, 2.75) is 25.8 Å². The van der Waals surface area contributed by atoms with Crippen LogP contribution < -0.4 is 4.74 Å². The van der Waals surface area contributed by atoms with Crippen LogP contribution in [0, 0.1) is 13.8 Å². The third-order valence-electron chi connectivity index (χ3n) is 2.84. The van der Waals surface area contributed by atoms with Gasteiger partial charge in [0.15, 0.2) is 0 Å². The zero-order valence-corrected chi connectivity index (χ0v) is 12.2. The molecule has 18 heavy (non-hydrogen) atoms. The second-order valence-electron chi connectivity index (χ2n) is 4.30. The van der Waals surface area contributed by atoms with Crippen LogP contribution in [0.25, 0.3) is 0 Å². The fraction of sp³-hybridized carbons (Fsp3) is 0.267. The summed E-state index contributed by atoms with van der Waals surface area (Å²) in [6.07, 6.45) is 1.80. The van der Waals surface area contributed by atoms with Gasteiger partial charge < -0.3 is 4.74 Å². The molecular formula is C15H16BrNO. The molecule has 0 spiro atoms. The van der Waals surface area contributed by atoms with E-state index in [0.717, 1.165) is 22.3 Å². The van der Waals surface area contributed by atoms with Gasteiger partial charge in [-0.1, -0.05) is 39.7 Å². The molecule has 0 saturated carbocycles.